The van der Waals surface area contributed by atoms with Gasteiger partial charge < -0.3 is 0 Å². The van der Waals surface area contributed by atoms with E-state index in [0.29, 0.717) is 6.61 Å². The minimum atomic E-state index is 0.260. The lowest BCUT2D eigenvalue weighted by Crippen LogP contribution is -2.21. The van der Waals surface area contributed by atoms with Crippen molar-refractivity contribution in [1.82, 2.24) is 0 Å². The van der Waals surface area contributed by atoms with Crippen LogP contribution in [0.1, 0.15) is 45.4 Å². The maximum Gasteiger partial charge on any atom is 0.0984 e. The van der Waals surface area contributed by atoms with Crippen molar-refractivity contribution in [2.75, 3.05) is 6.61 Å². The maximum absolute atomic E-state index is 4.94. The Bertz CT molecular complexity index is 99.9. The lowest BCUT2D eigenvalue weighted by molar-refractivity contribution is -0.549. The molecule has 1 unspecified atom stereocenters. The van der Waals surface area contributed by atoms with Crippen LogP contribution in [0.4, 0.5) is 0 Å². The summed E-state index contributed by atoms with van der Waals surface area (Å²) in [5, 5.41) is 4.44. The van der Waals surface area contributed by atoms with Crippen LogP contribution in [0.15, 0.2) is 0 Å². The van der Waals surface area contributed by atoms with E-state index in [4.69, 9.17) is 4.89 Å². The number of unbranched alkanes of at least 4 members (excludes halogenated alkanes) is 3. The summed E-state index contributed by atoms with van der Waals surface area (Å²) in [6.45, 7) is 2.88. The topological polar surface area (TPSA) is 27.7 Å². The monoisotopic (exact) mass is 174 g/mol. The molecule has 12 heavy (non-hydrogen) atoms. The molecule has 0 spiro atoms. The van der Waals surface area contributed by atoms with Crippen LogP contribution in [0, 0.1) is 0 Å². The fourth-order valence-corrected chi connectivity index (χ4v) is 1.34. The largest absolute Gasteiger partial charge is 0.206 e. The van der Waals surface area contributed by atoms with E-state index >= 15 is 0 Å². The van der Waals surface area contributed by atoms with E-state index in [1.165, 1.54) is 25.7 Å². The van der Waals surface area contributed by atoms with Gasteiger partial charge in [-0.15, -0.1) is 0 Å². The lowest BCUT2D eigenvalue weighted by atomic mass is 10.1. The third kappa shape index (κ3) is 4.04. The second kappa shape index (κ2) is 6.40. The molecule has 72 valence electrons. The standard InChI is InChI=1S/C9H18O3/c1-2-3-4-5-6-9-7-8-10-12-11-9/h9H,2-8H2,1H3. The highest BCUT2D eigenvalue weighted by Gasteiger charge is 2.15. The van der Waals surface area contributed by atoms with E-state index in [9.17, 15) is 0 Å². The molecule has 3 nitrogen and oxygen atoms in total. The third-order valence-corrected chi connectivity index (χ3v) is 2.13. The molecule has 0 aromatic rings. The summed E-state index contributed by atoms with van der Waals surface area (Å²) in [7, 11) is 0. The molecule has 0 aromatic heterocycles. The summed E-state index contributed by atoms with van der Waals surface area (Å²) in [6.07, 6.45) is 7.47. The number of hydrogen-bond donors (Lipinski definition) is 0. The third-order valence-electron chi connectivity index (χ3n) is 2.13. The van der Waals surface area contributed by atoms with Crippen LogP contribution in [0.3, 0.4) is 0 Å². The molecular formula is C9H18O3. The van der Waals surface area contributed by atoms with E-state index in [0.717, 1.165) is 12.8 Å². The van der Waals surface area contributed by atoms with Crippen molar-refractivity contribution in [2.45, 2.75) is 51.6 Å². The quantitative estimate of drug-likeness (QED) is 0.473. The molecule has 1 atom stereocenters. The van der Waals surface area contributed by atoms with Crippen molar-refractivity contribution >= 4 is 0 Å². The van der Waals surface area contributed by atoms with Gasteiger partial charge in [-0.1, -0.05) is 37.6 Å². The first-order valence-corrected chi connectivity index (χ1v) is 4.88. The molecular weight excluding hydrogens is 156 g/mol. The van der Waals surface area contributed by atoms with Crippen molar-refractivity contribution < 1.29 is 14.8 Å². The van der Waals surface area contributed by atoms with Gasteiger partial charge in [-0.05, 0) is 6.42 Å². The van der Waals surface area contributed by atoms with Gasteiger partial charge in [-0.25, -0.2) is 9.78 Å². The van der Waals surface area contributed by atoms with Gasteiger partial charge in [0.05, 0.1) is 12.7 Å². The summed E-state index contributed by atoms with van der Waals surface area (Å²) >= 11 is 0. The fraction of sp³-hybridized carbons (Fsp3) is 1.00. The highest BCUT2D eigenvalue weighted by Crippen LogP contribution is 2.14. The van der Waals surface area contributed by atoms with Gasteiger partial charge in [-0.2, -0.15) is 0 Å². The Labute approximate surface area is 73.9 Å². The molecule has 0 radical (unpaired) electrons. The zero-order valence-electron chi connectivity index (χ0n) is 7.75. The second-order valence-electron chi connectivity index (χ2n) is 3.25. The molecule has 1 rings (SSSR count). The van der Waals surface area contributed by atoms with E-state index in [1.54, 1.807) is 0 Å². The van der Waals surface area contributed by atoms with Gasteiger partial charge in [0.2, 0.25) is 0 Å². The number of hydrogen-bond acceptors (Lipinski definition) is 3. The fourth-order valence-electron chi connectivity index (χ4n) is 1.34. The lowest BCUT2D eigenvalue weighted by Gasteiger charge is -2.19. The van der Waals surface area contributed by atoms with Gasteiger partial charge in [0.15, 0.2) is 0 Å². The average Bonchev–Trinajstić information content (AvgIpc) is 2.14. The first-order valence-electron chi connectivity index (χ1n) is 4.88. The molecule has 0 N–H and O–H groups in total. The normalized spacial score (nSPS) is 24.2. The Hall–Kier alpha value is -0.120. The molecule has 0 aliphatic carbocycles. The van der Waals surface area contributed by atoms with Crippen molar-refractivity contribution in [2.24, 2.45) is 0 Å². The van der Waals surface area contributed by atoms with Crippen LogP contribution in [-0.2, 0) is 14.8 Å². The zero-order valence-corrected chi connectivity index (χ0v) is 7.75. The highest BCUT2D eigenvalue weighted by atomic mass is 17.5. The summed E-state index contributed by atoms with van der Waals surface area (Å²) in [5.41, 5.74) is 0. The van der Waals surface area contributed by atoms with Crippen LogP contribution in [0.5, 0.6) is 0 Å². The molecule has 0 aromatic carbocycles. The molecule has 0 bridgehead atoms. The first-order chi connectivity index (χ1) is 5.93. The Kier molecular flexibility index (Phi) is 5.32. The van der Waals surface area contributed by atoms with E-state index < -0.39 is 0 Å². The maximum atomic E-state index is 4.94. The molecule has 0 saturated carbocycles. The molecule has 1 aliphatic rings. The van der Waals surface area contributed by atoms with Crippen LogP contribution in [0.25, 0.3) is 0 Å². The van der Waals surface area contributed by atoms with E-state index in [-0.39, 0.29) is 6.10 Å². The van der Waals surface area contributed by atoms with Gasteiger partial charge in [0, 0.05) is 6.42 Å². The molecule has 1 heterocycles. The van der Waals surface area contributed by atoms with Crippen LogP contribution in [-0.4, -0.2) is 12.7 Å². The predicted octanol–water partition coefficient (Wildman–Crippen LogP) is 2.61. The van der Waals surface area contributed by atoms with Gasteiger partial charge in [0.25, 0.3) is 0 Å². The molecule has 1 aliphatic heterocycles. The van der Waals surface area contributed by atoms with E-state index in [1.807, 2.05) is 0 Å². The van der Waals surface area contributed by atoms with Crippen molar-refractivity contribution in [3.05, 3.63) is 0 Å². The SMILES string of the molecule is CCCCCCC1CCOOO1. The minimum absolute atomic E-state index is 0.260. The first kappa shape index (κ1) is 9.96. The second-order valence-corrected chi connectivity index (χ2v) is 3.25. The summed E-state index contributed by atoms with van der Waals surface area (Å²) in [5.74, 6) is 0. The number of rotatable bonds is 5. The van der Waals surface area contributed by atoms with Gasteiger partial charge >= 0.3 is 0 Å². The van der Waals surface area contributed by atoms with Crippen molar-refractivity contribution in [1.29, 1.82) is 0 Å². The molecule has 1 saturated heterocycles. The summed E-state index contributed by atoms with van der Waals surface area (Å²) in [6, 6.07) is 0. The zero-order chi connectivity index (χ0) is 8.65. The van der Waals surface area contributed by atoms with E-state index in [2.05, 4.69) is 16.8 Å². The predicted molar refractivity (Wildman–Crippen MR) is 45.3 cm³/mol. The molecule has 1 fully saturated rings. The van der Waals surface area contributed by atoms with Crippen molar-refractivity contribution in [3.63, 3.8) is 0 Å². The smallest absolute Gasteiger partial charge is 0.0984 e. The van der Waals surface area contributed by atoms with Crippen LogP contribution in [0.2, 0.25) is 0 Å². The van der Waals surface area contributed by atoms with Crippen molar-refractivity contribution in [3.8, 4) is 0 Å². The Morgan fingerprint density at radius 2 is 2.17 bits per heavy atom. The average molecular weight is 174 g/mol. The Balaban J connectivity index is 1.91. The van der Waals surface area contributed by atoms with Gasteiger partial charge in [0.1, 0.15) is 0 Å². The summed E-state index contributed by atoms with van der Waals surface area (Å²) in [4.78, 5) is 9.54. The highest BCUT2D eigenvalue weighted by molar-refractivity contribution is 4.57. The minimum Gasteiger partial charge on any atom is -0.206 e. The van der Waals surface area contributed by atoms with Crippen LogP contribution >= 0.6 is 0 Å². The molecule has 0 amide bonds. The van der Waals surface area contributed by atoms with Crippen LogP contribution < -0.4 is 0 Å². The molecule has 3 heteroatoms. The summed E-state index contributed by atoms with van der Waals surface area (Å²) < 4.78 is 0. The Morgan fingerprint density at radius 1 is 1.25 bits per heavy atom. The Morgan fingerprint density at radius 3 is 2.83 bits per heavy atom. The van der Waals surface area contributed by atoms with Gasteiger partial charge in [-0.3, -0.25) is 0 Å².